The predicted molar refractivity (Wildman–Crippen MR) is 101 cm³/mol. The second-order valence-electron chi connectivity index (χ2n) is 6.95. The van der Waals surface area contributed by atoms with Crippen LogP contribution in [-0.2, 0) is 21.1 Å². The lowest BCUT2D eigenvalue weighted by Crippen LogP contribution is -2.49. The standard InChI is InChI=1S/C20H23NO5S/c1-20(19(23)21-24,27(2,25)26)12-11-16-9-7-15(8-10-16)5-3-4-6-17-13-18(17)14-22/h7-10,17-18,22,24H,11-14H2,1-2H3,(H,21,23)/t17-,18+,20?/m1/s1. The minimum Gasteiger partial charge on any atom is -0.396 e. The summed E-state index contributed by atoms with van der Waals surface area (Å²) in [6.45, 7) is 1.47. The van der Waals surface area contributed by atoms with Crippen molar-refractivity contribution in [1.82, 2.24) is 5.48 Å². The molecular formula is C20H23NO5S. The van der Waals surface area contributed by atoms with Gasteiger partial charge in [0.1, 0.15) is 4.75 Å². The highest BCUT2D eigenvalue weighted by Crippen LogP contribution is 2.36. The molecule has 1 saturated carbocycles. The fourth-order valence-electron chi connectivity index (χ4n) is 2.58. The summed E-state index contributed by atoms with van der Waals surface area (Å²) in [5.74, 6) is 11.1. The van der Waals surface area contributed by atoms with Crippen molar-refractivity contribution in [2.75, 3.05) is 12.9 Å². The number of carbonyl (C=O) groups excluding carboxylic acids is 1. The third-order valence-electron chi connectivity index (χ3n) is 4.93. The van der Waals surface area contributed by atoms with Crippen LogP contribution in [0.4, 0.5) is 0 Å². The number of hydrogen-bond donors (Lipinski definition) is 3. The Labute approximate surface area is 159 Å². The maximum absolute atomic E-state index is 12.0. The van der Waals surface area contributed by atoms with Gasteiger partial charge in [-0.1, -0.05) is 24.0 Å². The highest BCUT2D eigenvalue weighted by Gasteiger charge is 2.43. The van der Waals surface area contributed by atoms with E-state index in [1.165, 1.54) is 12.4 Å². The number of hydrogen-bond acceptors (Lipinski definition) is 5. The minimum absolute atomic E-state index is 0.0438. The molecule has 1 aliphatic rings. The first-order chi connectivity index (χ1) is 12.7. The molecule has 27 heavy (non-hydrogen) atoms. The molecule has 6 nitrogen and oxygen atoms in total. The number of aliphatic hydroxyl groups excluding tert-OH is 1. The normalized spacial score (nSPS) is 20.3. The van der Waals surface area contributed by atoms with Crippen LogP contribution in [-0.4, -0.2) is 42.2 Å². The summed E-state index contributed by atoms with van der Waals surface area (Å²) in [4.78, 5) is 11.8. The zero-order chi connectivity index (χ0) is 20.1. The second-order valence-corrected chi connectivity index (χ2v) is 9.39. The number of aryl methyl sites for hydroxylation is 1. The molecular weight excluding hydrogens is 366 g/mol. The van der Waals surface area contributed by atoms with E-state index in [4.69, 9.17) is 10.3 Å². The van der Waals surface area contributed by atoms with E-state index in [2.05, 4.69) is 23.7 Å². The van der Waals surface area contributed by atoms with Crippen LogP contribution in [0, 0.1) is 35.5 Å². The third kappa shape index (κ3) is 5.33. The first kappa shape index (κ1) is 21.0. The number of nitrogens with one attached hydrogen (secondary N) is 1. The molecule has 7 heteroatoms. The molecule has 1 aromatic rings. The van der Waals surface area contributed by atoms with Gasteiger partial charge in [0.15, 0.2) is 9.84 Å². The van der Waals surface area contributed by atoms with E-state index >= 15 is 0 Å². The van der Waals surface area contributed by atoms with Crippen LogP contribution in [0.25, 0.3) is 0 Å². The molecule has 144 valence electrons. The van der Waals surface area contributed by atoms with E-state index in [1.807, 2.05) is 24.3 Å². The number of aliphatic hydroxyl groups is 1. The van der Waals surface area contributed by atoms with Gasteiger partial charge < -0.3 is 5.11 Å². The van der Waals surface area contributed by atoms with Crippen molar-refractivity contribution >= 4 is 15.7 Å². The van der Waals surface area contributed by atoms with E-state index in [-0.39, 0.29) is 18.9 Å². The zero-order valence-electron chi connectivity index (χ0n) is 15.3. The van der Waals surface area contributed by atoms with Crippen LogP contribution < -0.4 is 5.48 Å². The van der Waals surface area contributed by atoms with E-state index in [0.717, 1.165) is 23.8 Å². The number of amides is 1. The summed E-state index contributed by atoms with van der Waals surface area (Å²) in [7, 11) is -3.70. The molecule has 3 N–H and O–H groups in total. The number of carbonyl (C=O) groups is 1. The smallest absolute Gasteiger partial charge is 0.264 e. The van der Waals surface area contributed by atoms with E-state index in [1.54, 1.807) is 0 Å². The SMILES string of the molecule is CC(CCc1ccc(C#CC#C[C@@H]2C[C@H]2CO)cc1)(C(=O)NO)S(C)(=O)=O. The molecule has 0 aliphatic heterocycles. The predicted octanol–water partition coefficient (Wildman–Crippen LogP) is 0.911. The van der Waals surface area contributed by atoms with E-state index < -0.39 is 20.5 Å². The first-order valence-corrected chi connectivity index (χ1v) is 10.5. The lowest BCUT2D eigenvalue weighted by atomic mass is 9.99. The summed E-state index contributed by atoms with van der Waals surface area (Å²) in [5.41, 5.74) is 3.08. The molecule has 1 fully saturated rings. The topological polar surface area (TPSA) is 104 Å². The van der Waals surface area contributed by atoms with Crippen molar-refractivity contribution in [3.05, 3.63) is 35.4 Å². The molecule has 3 atom stereocenters. The molecule has 1 aliphatic carbocycles. The van der Waals surface area contributed by atoms with Gasteiger partial charge in [0, 0.05) is 24.3 Å². The molecule has 0 bridgehead atoms. The largest absolute Gasteiger partial charge is 0.396 e. The van der Waals surface area contributed by atoms with Crippen LogP contribution in [0.2, 0.25) is 0 Å². The van der Waals surface area contributed by atoms with Crippen LogP contribution in [0.15, 0.2) is 24.3 Å². The Morgan fingerprint density at radius 1 is 1.30 bits per heavy atom. The highest BCUT2D eigenvalue weighted by atomic mass is 32.2. The first-order valence-electron chi connectivity index (χ1n) is 8.56. The van der Waals surface area contributed by atoms with Gasteiger partial charge in [0.2, 0.25) is 0 Å². The highest BCUT2D eigenvalue weighted by molar-refractivity contribution is 7.92. The van der Waals surface area contributed by atoms with Crippen molar-refractivity contribution < 1.29 is 23.5 Å². The molecule has 1 unspecified atom stereocenters. The van der Waals surface area contributed by atoms with Gasteiger partial charge in [0.05, 0.1) is 0 Å². The molecule has 0 radical (unpaired) electrons. The van der Waals surface area contributed by atoms with Crippen molar-refractivity contribution in [1.29, 1.82) is 0 Å². The fraction of sp³-hybridized carbons (Fsp3) is 0.450. The Bertz CT molecular complexity index is 915. The molecule has 2 rings (SSSR count). The van der Waals surface area contributed by atoms with Gasteiger partial charge >= 0.3 is 0 Å². The third-order valence-corrected chi connectivity index (χ3v) is 6.96. The molecule has 1 aromatic carbocycles. The number of sulfone groups is 1. The molecule has 0 heterocycles. The molecule has 0 saturated heterocycles. The van der Waals surface area contributed by atoms with Gasteiger partial charge in [0.25, 0.3) is 5.91 Å². The summed E-state index contributed by atoms with van der Waals surface area (Å²) in [5, 5.41) is 17.8. The maximum atomic E-state index is 12.0. The Kier molecular flexibility index (Phi) is 6.67. The Hall–Kier alpha value is -2.32. The number of rotatable bonds is 6. The Balaban J connectivity index is 1.98. The van der Waals surface area contributed by atoms with Crippen molar-refractivity contribution in [2.24, 2.45) is 11.8 Å². The van der Waals surface area contributed by atoms with Gasteiger partial charge in [-0.25, -0.2) is 13.9 Å². The van der Waals surface area contributed by atoms with Crippen LogP contribution in [0.1, 0.15) is 30.9 Å². The van der Waals surface area contributed by atoms with Gasteiger partial charge in [-0.15, -0.1) is 0 Å². The molecule has 0 aromatic heterocycles. The summed E-state index contributed by atoms with van der Waals surface area (Å²) in [6.07, 6.45) is 2.31. The van der Waals surface area contributed by atoms with Crippen LogP contribution in [0.3, 0.4) is 0 Å². The Morgan fingerprint density at radius 3 is 2.48 bits per heavy atom. The lowest BCUT2D eigenvalue weighted by molar-refractivity contribution is -0.131. The monoisotopic (exact) mass is 389 g/mol. The Morgan fingerprint density at radius 2 is 1.96 bits per heavy atom. The summed E-state index contributed by atoms with van der Waals surface area (Å²) < 4.78 is 22.2. The molecule has 0 spiro atoms. The zero-order valence-corrected chi connectivity index (χ0v) is 16.1. The second kappa shape index (κ2) is 8.58. The van der Waals surface area contributed by atoms with Crippen molar-refractivity contribution in [3.63, 3.8) is 0 Å². The van der Waals surface area contributed by atoms with Gasteiger partial charge in [-0.3, -0.25) is 10.0 Å². The summed E-state index contributed by atoms with van der Waals surface area (Å²) in [6, 6.07) is 7.25. The average Bonchev–Trinajstić information content (AvgIpc) is 3.41. The van der Waals surface area contributed by atoms with Crippen LogP contribution >= 0.6 is 0 Å². The summed E-state index contributed by atoms with van der Waals surface area (Å²) >= 11 is 0. The van der Waals surface area contributed by atoms with E-state index in [0.29, 0.717) is 12.3 Å². The molecule has 1 amide bonds. The average molecular weight is 389 g/mol. The van der Waals surface area contributed by atoms with Crippen molar-refractivity contribution in [2.45, 2.75) is 30.9 Å². The van der Waals surface area contributed by atoms with Crippen LogP contribution in [0.5, 0.6) is 0 Å². The van der Waals surface area contributed by atoms with Gasteiger partial charge in [-0.2, -0.15) is 0 Å². The van der Waals surface area contributed by atoms with E-state index in [9.17, 15) is 13.2 Å². The fourth-order valence-corrected chi connectivity index (χ4v) is 3.44. The minimum atomic E-state index is -3.70. The van der Waals surface area contributed by atoms with Crippen molar-refractivity contribution in [3.8, 4) is 23.7 Å². The maximum Gasteiger partial charge on any atom is 0.264 e. The number of benzene rings is 1. The quantitative estimate of drug-likeness (QED) is 0.381. The van der Waals surface area contributed by atoms with Gasteiger partial charge in [-0.05, 0) is 61.6 Å². The number of hydroxylamine groups is 1. The lowest BCUT2D eigenvalue weighted by Gasteiger charge is -2.25.